The summed E-state index contributed by atoms with van der Waals surface area (Å²) in [6, 6.07) is 9.44. The maximum atomic E-state index is 12.9. The molecule has 160 valence electrons. The zero-order chi connectivity index (χ0) is 21.5. The number of piperidine rings is 1. The topological polar surface area (TPSA) is 75.6 Å². The Morgan fingerprint density at radius 2 is 1.97 bits per heavy atom. The molecule has 0 bridgehead atoms. The van der Waals surface area contributed by atoms with Gasteiger partial charge in [0.2, 0.25) is 0 Å². The van der Waals surface area contributed by atoms with E-state index in [1.54, 1.807) is 30.9 Å². The molecule has 0 aromatic carbocycles. The van der Waals surface area contributed by atoms with Crippen LogP contribution < -0.4 is 0 Å². The number of pyridine rings is 2. The number of rotatable bonds is 7. The van der Waals surface area contributed by atoms with Gasteiger partial charge in [-0.2, -0.15) is 0 Å². The van der Waals surface area contributed by atoms with E-state index >= 15 is 0 Å². The number of nitrogens with zero attached hydrogens (tertiary/aromatic N) is 4. The molecular formula is C23H30N4O3. The first kappa shape index (κ1) is 21.9. The van der Waals surface area contributed by atoms with Crippen molar-refractivity contribution in [1.29, 1.82) is 0 Å². The van der Waals surface area contributed by atoms with Crippen LogP contribution in [0.3, 0.4) is 0 Å². The van der Waals surface area contributed by atoms with Crippen molar-refractivity contribution in [3.63, 3.8) is 0 Å². The minimum Gasteiger partial charge on any atom is -0.462 e. The zero-order valence-corrected chi connectivity index (χ0v) is 18.0. The van der Waals surface area contributed by atoms with E-state index in [1.807, 2.05) is 25.4 Å². The van der Waals surface area contributed by atoms with Crippen molar-refractivity contribution < 1.29 is 14.3 Å². The molecule has 0 N–H and O–H groups in total. The van der Waals surface area contributed by atoms with Crippen molar-refractivity contribution in [2.24, 2.45) is 0 Å². The van der Waals surface area contributed by atoms with Crippen LogP contribution in [0.15, 0.2) is 36.5 Å². The van der Waals surface area contributed by atoms with Gasteiger partial charge in [0.25, 0.3) is 5.91 Å². The van der Waals surface area contributed by atoms with Gasteiger partial charge < -0.3 is 14.5 Å². The summed E-state index contributed by atoms with van der Waals surface area (Å²) in [5.41, 5.74) is 2.38. The molecule has 0 atom stereocenters. The maximum absolute atomic E-state index is 12.9. The fraction of sp³-hybridized carbons (Fsp3) is 0.478. The lowest BCUT2D eigenvalue weighted by atomic mass is 10.0. The Hall–Kier alpha value is -2.80. The van der Waals surface area contributed by atoms with Crippen LogP contribution >= 0.6 is 0 Å². The average molecular weight is 411 g/mol. The first-order chi connectivity index (χ1) is 14.5. The Morgan fingerprint density at radius 3 is 2.60 bits per heavy atom. The molecule has 1 aliphatic heterocycles. The molecule has 3 heterocycles. The molecule has 7 nitrogen and oxygen atoms in total. The number of carbonyl (C=O) groups excluding carboxylic acids is 2. The third-order valence-corrected chi connectivity index (χ3v) is 5.64. The van der Waals surface area contributed by atoms with Gasteiger partial charge in [-0.3, -0.25) is 9.78 Å². The predicted octanol–water partition coefficient (Wildman–Crippen LogP) is 2.74. The molecule has 0 radical (unpaired) electrons. The van der Waals surface area contributed by atoms with Crippen molar-refractivity contribution in [1.82, 2.24) is 19.8 Å². The van der Waals surface area contributed by atoms with Crippen molar-refractivity contribution in [3.8, 4) is 0 Å². The SMILES string of the molecule is CCOC(=O)c1ccc(C(=O)N(C)C2CCN(CCc3ccccn3)CC2)nc1C. The highest BCUT2D eigenvalue weighted by Crippen LogP contribution is 2.18. The molecule has 1 aliphatic rings. The third kappa shape index (κ3) is 5.42. The van der Waals surface area contributed by atoms with Crippen LogP contribution in [0.25, 0.3) is 0 Å². The van der Waals surface area contributed by atoms with E-state index in [0.717, 1.165) is 44.6 Å². The van der Waals surface area contributed by atoms with Gasteiger partial charge in [0.15, 0.2) is 0 Å². The second-order valence-corrected chi connectivity index (χ2v) is 7.61. The number of hydrogen-bond donors (Lipinski definition) is 0. The van der Waals surface area contributed by atoms with Crippen LogP contribution in [0.2, 0.25) is 0 Å². The zero-order valence-electron chi connectivity index (χ0n) is 18.0. The third-order valence-electron chi connectivity index (χ3n) is 5.64. The van der Waals surface area contributed by atoms with Gasteiger partial charge in [0, 0.05) is 51.0 Å². The molecule has 0 unspecified atom stereocenters. The van der Waals surface area contributed by atoms with Gasteiger partial charge in [0.1, 0.15) is 5.69 Å². The second kappa shape index (κ2) is 10.3. The molecule has 0 aliphatic carbocycles. The van der Waals surface area contributed by atoms with Crippen LogP contribution in [0, 0.1) is 6.92 Å². The Balaban J connectivity index is 1.53. The van der Waals surface area contributed by atoms with E-state index < -0.39 is 5.97 Å². The van der Waals surface area contributed by atoms with E-state index in [0.29, 0.717) is 23.6 Å². The molecule has 30 heavy (non-hydrogen) atoms. The first-order valence-corrected chi connectivity index (χ1v) is 10.5. The van der Waals surface area contributed by atoms with Gasteiger partial charge in [0.05, 0.1) is 17.9 Å². The average Bonchev–Trinajstić information content (AvgIpc) is 2.77. The highest BCUT2D eigenvalue weighted by Gasteiger charge is 2.27. The summed E-state index contributed by atoms with van der Waals surface area (Å²) in [5, 5.41) is 0. The number of carbonyl (C=O) groups is 2. The fourth-order valence-electron chi connectivity index (χ4n) is 3.80. The fourth-order valence-corrected chi connectivity index (χ4v) is 3.80. The lowest BCUT2D eigenvalue weighted by Gasteiger charge is -2.36. The van der Waals surface area contributed by atoms with E-state index in [9.17, 15) is 9.59 Å². The summed E-state index contributed by atoms with van der Waals surface area (Å²) in [6.45, 7) is 6.70. The molecule has 2 aromatic heterocycles. The number of aryl methyl sites for hydroxylation is 1. The Bertz CT molecular complexity index is 864. The molecule has 1 amide bonds. The summed E-state index contributed by atoms with van der Waals surface area (Å²) in [4.78, 5) is 37.8. The molecule has 0 saturated carbocycles. The second-order valence-electron chi connectivity index (χ2n) is 7.61. The summed E-state index contributed by atoms with van der Waals surface area (Å²) < 4.78 is 5.03. The van der Waals surface area contributed by atoms with Crippen molar-refractivity contribution in [3.05, 3.63) is 59.2 Å². The van der Waals surface area contributed by atoms with E-state index in [4.69, 9.17) is 4.74 Å². The largest absolute Gasteiger partial charge is 0.462 e. The van der Waals surface area contributed by atoms with Crippen LogP contribution in [0.1, 0.15) is 52.0 Å². The normalized spacial score (nSPS) is 15.0. The predicted molar refractivity (Wildman–Crippen MR) is 114 cm³/mol. The standard InChI is InChI=1S/C23H30N4O3/c1-4-30-23(29)20-8-9-21(25-17(20)2)22(28)26(3)19-11-15-27(16-12-19)14-10-18-7-5-6-13-24-18/h5-9,13,19H,4,10-12,14-16H2,1-3H3. The minimum atomic E-state index is -0.409. The number of amides is 1. The molecule has 0 spiro atoms. The van der Waals surface area contributed by atoms with Crippen LogP contribution in [0.5, 0.6) is 0 Å². The van der Waals surface area contributed by atoms with Crippen molar-refractivity contribution in [2.75, 3.05) is 33.3 Å². The van der Waals surface area contributed by atoms with E-state index in [-0.39, 0.29) is 11.9 Å². The Morgan fingerprint density at radius 1 is 1.20 bits per heavy atom. The number of aromatic nitrogens is 2. The Kier molecular flexibility index (Phi) is 7.52. The number of likely N-dealkylation sites (tertiary alicyclic amines) is 1. The number of ether oxygens (including phenoxy) is 1. The van der Waals surface area contributed by atoms with Gasteiger partial charge in [-0.15, -0.1) is 0 Å². The molecule has 1 saturated heterocycles. The van der Waals surface area contributed by atoms with Gasteiger partial charge in [-0.25, -0.2) is 9.78 Å². The lowest BCUT2D eigenvalue weighted by molar-refractivity contribution is 0.0523. The van der Waals surface area contributed by atoms with Gasteiger partial charge in [-0.05, 0) is 51.0 Å². The summed E-state index contributed by atoms with van der Waals surface area (Å²) in [6.07, 6.45) is 4.64. The summed E-state index contributed by atoms with van der Waals surface area (Å²) >= 11 is 0. The van der Waals surface area contributed by atoms with Crippen LogP contribution in [-0.4, -0.2) is 71.0 Å². The van der Waals surface area contributed by atoms with E-state index in [2.05, 4.69) is 20.9 Å². The molecule has 3 rings (SSSR count). The van der Waals surface area contributed by atoms with Gasteiger partial charge in [-0.1, -0.05) is 6.07 Å². The Labute approximate surface area is 178 Å². The summed E-state index contributed by atoms with van der Waals surface area (Å²) in [5.74, 6) is -0.520. The minimum absolute atomic E-state index is 0.111. The summed E-state index contributed by atoms with van der Waals surface area (Å²) in [7, 11) is 1.84. The van der Waals surface area contributed by atoms with Gasteiger partial charge >= 0.3 is 5.97 Å². The van der Waals surface area contributed by atoms with Crippen molar-refractivity contribution >= 4 is 11.9 Å². The number of hydrogen-bond acceptors (Lipinski definition) is 6. The molecular weight excluding hydrogens is 380 g/mol. The molecule has 1 fully saturated rings. The van der Waals surface area contributed by atoms with E-state index in [1.165, 1.54) is 0 Å². The highest BCUT2D eigenvalue weighted by atomic mass is 16.5. The van der Waals surface area contributed by atoms with Crippen LogP contribution in [-0.2, 0) is 11.2 Å². The molecule has 7 heteroatoms. The number of esters is 1. The lowest BCUT2D eigenvalue weighted by Crippen LogP contribution is -2.46. The quantitative estimate of drug-likeness (QED) is 0.654. The maximum Gasteiger partial charge on any atom is 0.339 e. The molecule has 2 aromatic rings. The smallest absolute Gasteiger partial charge is 0.339 e. The highest BCUT2D eigenvalue weighted by molar-refractivity contribution is 5.95. The van der Waals surface area contributed by atoms with Crippen LogP contribution in [0.4, 0.5) is 0 Å². The first-order valence-electron chi connectivity index (χ1n) is 10.5. The monoisotopic (exact) mass is 410 g/mol. The van der Waals surface area contributed by atoms with Crippen molar-refractivity contribution in [2.45, 2.75) is 39.2 Å².